The normalized spacial score (nSPS) is 31.3. The lowest BCUT2D eigenvalue weighted by Crippen LogP contribution is -2.59. The molecule has 7 heteroatoms. The Balaban J connectivity index is 1.18. The number of hydrogen-bond acceptors (Lipinski definition) is 5. The summed E-state index contributed by atoms with van der Waals surface area (Å²) in [6.45, 7) is 8.12. The average Bonchev–Trinajstić information content (AvgIpc) is 3.70. The second-order valence-corrected chi connectivity index (χ2v) is 10.5. The summed E-state index contributed by atoms with van der Waals surface area (Å²) < 4.78 is 19.8. The molecule has 6 rings (SSSR count). The zero-order valence-electron chi connectivity index (χ0n) is 18.9. The predicted octanol–water partition coefficient (Wildman–Crippen LogP) is 3.53. The van der Waals surface area contributed by atoms with Crippen molar-refractivity contribution in [2.24, 2.45) is 11.3 Å². The number of anilines is 2. The summed E-state index contributed by atoms with van der Waals surface area (Å²) in [5, 5.41) is 5.18. The molecule has 1 aromatic heterocycles. The Labute approximate surface area is 188 Å². The number of halogens is 1. The Hall–Kier alpha value is -2.25. The molecule has 1 N–H and O–H groups in total. The maximum Gasteiger partial charge on any atom is 0.229 e. The van der Waals surface area contributed by atoms with Crippen LogP contribution < -0.4 is 10.2 Å². The zero-order chi connectivity index (χ0) is 22.1. The first kappa shape index (κ1) is 20.4. The molecular formula is C25H31FN4O2. The van der Waals surface area contributed by atoms with E-state index in [9.17, 15) is 9.18 Å². The van der Waals surface area contributed by atoms with Gasteiger partial charge in [-0.25, -0.2) is 9.37 Å². The van der Waals surface area contributed by atoms with Gasteiger partial charge in [0.1, 0.15) is 12.0 Å². The first-order chi connectivity index (χ1) is 15.4. The van der Waals surface area contributed by atoms with E-state index >= 15 is 0 Å². The fourth-order valence-corrected chi connectivity index (χ4v) is 5.74. The van der Waals surface area contributed by atoms with Crippen LogP contribution in [-0.2, 0) is 9.53 Å². The molecule has 0 radical (unpaired) electrons. The van der Waals surface area contributed by atoms with Gasteiger partial charge < -0.3 is 15.0 Å². The smallest absolute Gasteiger partial charge is 0.229 e. The van der Waals surface area contributed by atoms with Crippen LogP contribution in [0.2, 0.25) is 0 Å². The van der Waals surface area contributed by atoms with E-state index in [0.29, 0.717) is 17.8 Å². The molecule has 4 aliphatic rings. The molecule has 3 unspecified atom stereocenters. The van der Waals surface area contributed by atoms with Gasteiger partial charge in [-0.3, -0.25) is 9.69 Å². The van der Waals surface area contributed by atoms with Crippen LogP contribution in [0.15, 0.2) is 24.4 Å². The number of amides is 1. The molecule has 0 bridgehead atoms. The van der Waals surface area contributed by atoms with Gasteiger partial charge in [-0.15, -0.1) is 0 Å². The Kier molecular flexibility index (Phi) is 4.53. The Morgan fingerprint density at radius 2 is 1.97 bits per heavy atom. The van der Waals surface area contributed by atoms with Crippen molar-refractivity contribution >= 4 is 28.2 Å². The van der Waals surface area contributed by atoms with Crippen molar-refractivity contribution in [1.82, 2.24) is 9.88 Å². The topological polar surface area (TPSA) is 57.7 Å². The molecule has 3 heterocycles. The van der Waals surface area contributed by atoms with E-state index in [1.165, 1.54) is 24.1 Å². The van der Waals surface area contributed by atoms with Crippen LogP contribution in [0, 0.1) is 18.3 Å². The Morgan fingerprint density at radius 1 is 1.19 bits per heavy atom. The number of alkyl halides is 1. The highest BCUT2D eigenvalue weighted by Crippen LogP contribution is 2.70. The fraction of sp³-hybridized carbons (Fsp3) is 0.600. The first-order valence-corrected chi connectivity index (χ1v) is 11.8. The van der Waals surface area contributed by atoms with Gasteiger partial charge in [-0.1, -0.05) is 0 Å². The Bertz CT molecular complexity index is 1080. The number of hydrogen-bond donors (Lipinski definition) is 1. The minimum atomic E-state index is -0.928. The minimum absolute atomic E-state index is 0.119. The quantitative estimate of drug-likeness (QED) is 0.792. The van der Waals surface area contributed by atoms with Crippen molar-refractivity contribution in [3.8, 4) is 0 Å². The van der Waals surface area contributed by atoms with E-state index in [1.807, 2.05) is 19.2 Å². The van der Waals surface area contributed by atoms with E-state index in [4.69, 9.17) is 4.74 Å². The van der Waals surface area contributed by atoms with E-state index in [1.54, 1.807) is 0 Å². The Morgan fingerprint density at radius 3 is 2.62 bits per heavy atom. The number of pyridine rings is 1. The molecule has 170 valence electrons. The highest BCUT2D eigenvalue weighted by molar-refractivity contribution is 5.97. The number of carbonyl (C=O) groups excluding carboxylic acids is 1. The summed E-state index contributed by atoms with van der Waals surface area (Å²) in [7, 11) is 0. The summed E-state index contributed by atoms with van der Waals surface area (Å²) in [5.41, 5.74) is 2.24. The molecule has 4 fully saturated rings. The second-order valence-electron chi connectivity index (χ2n) is 10.5. The van der Waals surface area contributed by atoms with Crippen molar-refractivity contribution in [2.75, 3.05) is 49.6 Å². The summed E-state index contributed by atoms with van der Waals surface area (Å²) in [6, 6.07) is 6.36. The van der Waals surface area contributed by atoms with Gasteiger partial charge in [0, 0.05) is 49.4 Å². The van der Waals surface area contributed by atoms with Crippen LogP contribution in [0.1, 0.15) is 31.7 Å². The monoisotopic (exact) mass is 438 g/mol. The van der Waals surface area contributed by atoms with Gasteiger partial charge in [0.2, 0.25) is 5.91 Å². The third-order valence-electron chi connectivity index (χ3n) is 8.36. The highest BCUT2D eigenvalue weighted by atomic mass is 19.1. The number of rotatable bonds is 4. The molecule has 6 nitrogen and oxygen atoms in total. The molecule has 1 aromatic carbocycles. The number of aromatic nitrogens is 1. The van der Waals surface area contributed by atoms with Crippen LogP contribution in [0.5, 0.6) is 0 Å². The lowest BCUT2D eigenvalue weighted by atomic mass is 9.96. The highest BCUT2D eigenvalue weighted by Gasteiger charge is 2.65. The third-order valence-corrected chi connectivity index (χ3v) is 8.36. The molecule has 32 heavy (non-hydrogen) atoms. The zero-order valence-corrected chi connectivity index (χ0v) is 18.9. The molecule has 2 aromatic rings. The molecule has 1 amide bonds. The van der Waals surface area contributed by atoms with Gasteiger partial charge in [-0.05, 0) is 67.7 Å². The number of nitrogens with zero attached hydrogens (tertiary/aromatic N) is 3. The molecule has 2 aliphatic carbocycles. The predicted molar refractivity (Wildman–Crippen MR) is 123 cm³/mol. The molecule has 2 saturated heterocycles. The van der Waals surface area contributed by atoms with E-state index in [-0.39, 0.29) is 18.4 Å². The number of piperazine rings is 1. The van der Waals surface area contributed by atoms with Crippen LogP contribution in [-0.4, -0.2) is 66.9 Å². The maximum atomic E-state index is 14.4. The third kappa shape index (κ3) is 3.28. The number of carbonyl (C=O) groups is 1. The summed E-state index contributed by atoms with van der Waals surface area (Å²) >= 11 is 0. The number of nitrogens with one attached hydrogen (secondary N) is 1. The van der Waals surface area contributed by atoms with E-state index in [2.05, 4.69) is 39.2 Å². The lowest BCUT2D eigenvalue weighted by Gasteiger charge is -2.45. The number of aryl methyl sites for hydroxylation is 1. The maximum absolute atomic E-state index is 14.4. The number of ether oxygens (including phenoxy) is 1. The lowest BCUT2D eigenvalue weighted by molar-refractivity contribution is -0.117. The van der Waals surface area contributed by atoms with Gasteiger partial charge in [0.05, 0.1) is 18.8 Å². The van der Waals surface area contributed by atoms with Crippen LogP contribution in [0.4, 0.5) is 15.9 Å². The van der Waals surface area contributed by atoms with E-state index < -0.39 is 11.7 Å². The van der Waals surface area contributed by atoms with Crippen molar-refractivity contribution < 1.29 is 13.9 Å². The minimum Gasteiger partial charge on any atom is -0.376 e. The van der Waals surface area contributed by atoms with Crippen molar-refractivity contribution in [2.45, 2.75) is 44.8 Å². The van der Waals surface area contributed by atoms with Crippen molar-refractivity contribution in [3.63, 3.8) is 0 Å². The van der Waals surface area contributed by atoms with Gasteiger partial charge in [-0.2, -0.15) is 0 Å². The first-order valence-electron chi connectivity index (χ1n) is 11.8. The van der Waals surface area contributed by atoms with Gasteiger partial charge in [0.15, 0.2) is 0 Å². The van der Waals surface area contributed by atoms with Crippen LogP contribution >= 0.6 is 0 Å². The number of benzene rings is 1. The largest absolute Gasteiger partial charge is 0.376 e. The fourth-order valence-electron chi connectivity index (χ4n) is 5.74. The molecule has 3 atom stereocenters. The van der Waals surface area contributed by atoms with Gasteiger partial charge >= 0.3 is 0 Å². The number of fused-ring (bicyclic) bond motifs is 1. The van der Waals surface area contributed by atoms with Gasteiger partial charge in [0.25, 0.3) is 0 Å². The summed E-state index contributed by atoms with van der Waals surface area (Å²) in [5.74, 6) is 0.933. The SMILES string of the molecule is Cc1cc2cnc(NC(=O)C3CC34CC4)cc2cc1N1CCN(C2(C)COCC2F)CC1. The van der Waals surface area contributed by atoms with E-state index in [0.717, 1.165) is 43.4 Å². The van der Waals surface area contributed by atoms with Crippen molar-refractivity contribution in [3.05, 3.63) is 30.0 Å². The molecular weight excluding hydrogens is 407 g/mol. The standard InChI is InChI=1S/C25H31FN4O2/c1-16-9-18-13-27-22(28-23(31)19-12-25(19)3-4-25)11-17(18)10-20(16)29-5-7-30(8-6-29)24(2)15-32-14-21(24)26/h9-11,13,19,21H,3-8,12,14-15H2,1-2H3,(H,27,28,31). The molecule has 2 saturated carbocycles. The second kappa shape index (κ2) is 7.12. The summed E-state index contributed by atoms with van der Waals surface area (Å²) in [4.78, 5) is 21.6. The molecule has 1 spiro atoms. The van der Waals surface area contributed by atoms with Crippen molar-refractivity contribution in [1.29, 1.82) is 0 Å². The average molecular weight is 439 g/mol. The molecule has 2 aliphatic heterocycles. The summed E-state index contributed by atoms with van der Waals surface area (Å²) in [6.07, 6.45) is 4.36. The van der Waals surface area contributed by atoms with Crippen LogP contribution in [0.3, 0.4) is 0 Å². The van der Waals surface area contributed by atoms with Crippen LogP contribution in [0.25, 0.3) is 10.8 Å².